The molecular formula is C14H19NO. The quantitative estimate of drug-likeness (QED) is 0.758. The zero-order chi connectivity index (χ0) is 11.4. The van der Waals surface area contributed by atoms with E-state index < -0.39 is 0 Å². The lowest BCUT2D eigenvalue weighted by molar-refractivity contribution is -0.134. The fourth-order valence-corrected chi connectivity index (χ4v) is 1.92. The van der Waals surface area contributed by atoms with Crippen molar-refractivity contribution in [3.8, 4) is 0 Å². The Labute approximate surface area is 97.3 Å². The van der Waals surface area contributed by atoms with Crippen molar-refractivity contribution in [2.45, 2.75) is 32.6 Å². The lowest BCUT2D eigenvalue weighted by atomic mass is 10.1. The van der Waals surface area contributed by atoms with Gasteiger partial charge in [-0.05, 0) is 30.4 Å². The average Bonchev–Trinajstić information content (AvgIpc) is 2.25. The van der Waals surface area contributed by atoms with Crippen LogP contribution < -0.4 is 0 Å². The van der Waals surface area contributed by atoms with Crippen LogP contribution in [0, 0.1) is 0 Å². The third-order valence-electron chi connectivity index (χ3n) is 3.27. The second-order valence-corrected chi connectivity index (χ2v) is 4.40. The first-order valence-electron chi connectivity index (χ1n) is 6.15. The van der Waals surface area contributed by atoms with Gasteiger partial charge in [0, 0.05) is 19.5 Å². The number of hydrogen-bond donors (Lipinski definition) is 0. The topological polar surface area (TPSA) is 20.3 Å². The van der Waals surface area contributed by atoms with Gasteiger partial charge in [0.05, 0.1) is 0 Å². The van der Waals surface area contributed by atoms with Crippen molar-refractivity contribution < 1.29 is 4.79 Å². The van der Waals surface area contributed by atoms with E-state index in [-0.39, 0.29) is 0 Å². The molecule has 0 bridgehead atoms. The van der Waals surface area contributed by atoms with Crippen molar-refractivity contribution in [1.29, 1.82) is 0 Å². The highest BCUT2D eigenvalue weighted by Gasteiger charge is 2.19. The summed E-state index contributed by atoms with van der Waals surface area (Å²) in [6.45, 7) is 4.09. The van der Waals surface area contributed by atoms with Gasteiger partial charge >= 0.3 is 0 Å². The van der Waals surface area contributed by atoms with Crippen molar-refractivity contribution >= 4 is 5.91 Å². The molecule has 1 aliphatic heterocycles. The van der Waals surface area contributed by atoms with Gasteiger partial charge in [0.25, 0.3) is 0 Å². The zero-order valence-corrected chi connectivity index (χ0v) is 9.91. The van der Waals surface area contributed by atoms with Crippen LogP contribution >= 0.6 is 0 Å². The molecule has 0 spiro atoms. The molecule has 1 amide bonds. The Bertz CT molecular complexity index is 352. The highest BCUT2D eigenvalue weighted by atomic mass is 16.2. The van der Waals surface area contributed by atoms with Crippen LogP contribution in [0.4, 0.5) is 0 Å². The molecule has 1 heterocycles. The fraction of sp³-hybridized carbons (Fsp3) is 0.500. The zero-order valence-electron chi connectivity index (χ0n) is 9.91. The molecule has 1 aromatic carbocycles. The van der Waals surface area contributed by atoms with Gasteiger partial charge in [-0.3, -0.25) is 4.79 Å². The number of rotatable bonds is 4. The van der Waals surface area contributed by atoms with E-state index in [2.05, 4.69) is 31.2 Å². The maximum absolute atomic E-state index is 11.6. The second-order valence-electron chi connectivity index (χ2n) is 4.40. The first kappa shape index (κ1) is 11.2. The van der Waals surface area contributed by atoms with Gasteiger partial charge in [0.1, 0.15) is 0 Å². The Morgan fingerprint density at radius 3 is 2.31 bits per heavy atom. The summed E-state index contributed by atoms with van der Waals surface area (Å²) in [5, 5.41) is 0. The van der Waals surface area contributed by atoms with Crippen molar-refractivity contribution in [3.63, 3.8) is 0 Å². The highest BCUT2D eigenvalue weighted by molar-refractivity contribution is 5.77. The Balaban J connectivity index is 1.81. The van der Waals surface area contributed by atoms with E-state index in [1.165, 1.54) is 17.5 Å². The van der Waals surface area contributed by atoms with Gasteiger partial charge in [-0.25, -0.2) is 0 Å². The maximum atomic E-state index is 11.6. The Morgan fingerprint density at radius 1 is 1.19 bits per heavy atom. The number of carbonyl (C=O) groups excluding carboxylic acids is 1. The van der Waals surface area contributed by atoms with Crippen LogP contribution in [0.15, 0.2) is 24.3 Å². The predicted molar refractivity (Wildman–Crippen MR) is 65.3 cm³/mol. The minimum atomic E-state index is 0.311. The third-order valence-corrected chi connectivity index (χ3v) is 3.27. The van der Waals surface area contributed by atoms with Crippen molar-refractivity contribution in [1.82, 2.24) is 4.90 Å². The number of nitrogens with zero attached hydrogens (tertiary/aromatic N) is 1. The van der Waals surface area contributed by atoms with Crippen LogP contribution in [0.5, 0.6) is 0 Å². The summed E-state index contributed by atoms with van der Waals surface area (Å²) < 4.78 is 0. The molecule has 1 aliphatic rings. The minimum Gasteiger partial charge on any atom is -0.343 e. The van der Waals surface area contributed by atoms with E-state index >= 15 is 0 Å². The van der Waals surface area contributed by atoms with E-state index in [0.29, 0.717) is 12.3 Å². The number of aryl methyl sites for hydroxylation is 2. The van der Waals surface area contributed by atoms with Gasteiger partial charge in [-0.2, -0.15) is 0 Å². The summed E-state index contributed by atoms with van der Waals surface area (Å²) in [6, 6.07) is 8.59. The third kappa shape index (κ3) is 2.63. The molecule has 0 radical (unpaired) electrons. The van der Waals surface area contributed by atoms with Gasteiger partial charge in [0.15, 0.2) is 0 Å². The Morgan fingerprint density at radius 2 is 1.81 bits per heavy atom. The normalized spacial score (nSPS) is 14.7. The van der Waals surface area contributed by atoms with Gasteiger partial charge < -0.3 is 4.90 Å². The number of amides is 1. The molecule has 2 rings (SSSR count). The SMILES string of the molecule is CCc1ccc(CCC(=O)N2CCC2)cc1. The van der Waals surface area contributed by atoms with E-state index in [4.69, 9.17) is 0 Å². The summed E-state index contributed by atoms with van der Waals surface area (Å²) in [5.41, 5.74) is 2.63. The monoisotopic (exact) mass is 217 g/mol. The number of hydrogen-bond acceptors (Lipinski definition) is 1. The molecular weight excluding hydrogens is 198 g/mol. The summed E-state index contributed by atoms with van der Waals surface area (Å²) in [4.78, 5) is 13.6. The van der Waals surface area contributed by atoms with Crippen LogP contribution in [0.25, 0.3) is 0 Å². The Kier molecular flexibility index (Phi) is 3.60. The molecule has 0 N–H and O–H groups in total. The number of benzene rings is 1. The van der Waals surface area contributed by atoms with Crippen LogP contribution in [0.1, 0.15) is 30.9 Å². The molecule has 0 unspecified atom stereocenters. The fourth-order valence-electron chi connectivity index (χ4n) is 1.92. The molecule has 16 heavy (non-hydrogen) atoms. The molecule has 86 valence electrons. The summed E-state index contributed by atoms with van der Waals surface area (Å²) >= 11 is 0. The molecule has 2 nitrogen and oxygen atoms in total. The lowest BCUT2D eigenvalue weighted by Gasteiger charge is -2.30. The smallest absolute Gasteiger partial charge is 0.222 e. The number of likely N-dealkylation sites (tertiary alicyclic amines) is 1. The maximum Gasteiger partial charge on any atom is 0.222 e. The molecule has 0 saturated carbocycles. The van der Waals surface area contributed by atoms with Gasteiger partial charge in [-0.1, -0.05) is 31.2 Å². The molecule has 1 fully saturated rings. The molecule has 1 aromatic rings. The Hall–Kier alpha value is -1.31. The van der Waals surface area contributed by atoms with Gasteiger partial charge in [-0.15, -0.1) is 0 Å². The molecule has 0 aliphatic carbocycles. The first-order chi connectivity index (χ1) is 7.79. The minimum absolute atomic E-state index is 0.311. The van der Waals surface area contributed by atoms with Crippen LogP contribution in [-0.4, -0.2) is 23.9 Å². The standard InChI is InChI=1S/C14H19NO/c1-2-12-4-6-13(7-5-12)8-9-14(16)15-10-3-11-15/h4-7H,2-3,8-11H2,1H3. The molecule has 2 heteroatoms. The van der Waals surface area contributed by atoms with E-state index in [0.717, 1.165) is 25.9 Å². The van der Waals surface area contributed by atoms with Crippen molar-refractivity contribution in [3.05, 3.63) is 35.4 Å². The lowest BCUT2D eigenvalue weighted by Crippen LogP contribution is -2.42. The average molecular weight is 217 g/mol. The van der Waals surface area contributed by atoms with E-state index in [9.17, 15) is 4.79 Å². The van der Waals surface area contributed by atoms with E-state index in [1.54, 1.807) is 0 Å². The van der Waals surface area contributed by atoms with Gasteiger partial charge in [0.2, 0.25) is 5.91 Å². The molecule has 1 saturated heterocycles. The van der Waals surface area contributed by atoms with Crippen molar-refractivity contribution in [2.24, 2.45) is 0 Å². The van der Waals surface area contributed by atoms with Crippen LogP contribution in [-0.2, 0) is 17.6 Å². The molecule has 0 aromatic heterocycles. The number of carbonyl (C=O) groups is 1. The predicted octanol–water partition coefficient (Wildman–Crippen LogP) is 2.41. The second kappa shape index (κ2) is 5.15. The van der Waals surface area contributed by atoms with Crippen LogP contribution in [0.2, 0.25) is 0 Å². The van der Waals surface area contributed by atoms with E-state index in [1.807, 2.05) is 4.90 Å². The molecule has 0 atom stereocenters. The summed E-state index contributed by atoms with van der Waals surface area (Å²) in [5.74, 6) is 0.311. The van der Waals surface area contributed by atoms with Crippen LogP contribution in [0.3, 0.4) is 0 Å². The van der Waals surface area contributed by atoms with Crippen molar-refractivity contribution in [2.75, 3.05) is 13.1 Å². The highest BCUT2D eigenvalue weighted by Crippen LogP contribution is 2.11. The summed E-state index contributed by atoms with van der Waals surface area (Å²) in [6.07, 6.45) is 3.79. The summed E-state index contributed by atoms with van der Waals surface area (Å²) in [7, 11) is 0. The first-order valence-corrected chi connectivity index (χ1v) is 6.15. The largest absolute Gasteiger partial charge is 0.343 e.